The van der Waals surface area contributed by atoms with Crippen LogP contribution < -0.4 is 14.8 Å². The summed E-state index contributed by atoms with van der Waals surface area (Å²) in [5.74, 6) is -0.197. The van der Waals surface area contributed by atoms with Gasteiger partial charge >= 0.3 is 11.9 Å². The highest BCUT2D eigenvalue weighted by molar-refractivity contribution is 7.19. The van der Waals surface area contributed by atoms with Gasteiger partial charge in [0.2, 0.25) is 0 Å². The van der Waals surface area contributed by atoms with Crippen LogP contribution in [0.5, 0.6) is 11.5 Å². The van der Waals surface area contributed by atoms with E-state index in [1.807, 2.05) is 18.2 Å². The van der Waals surface area contributed by atoms with E-state index in [9.17, 15) is 9.59 Å². The fraction of sp³-hybridized carbons (Fsp3) is 0.423. The highest BCUT2D eigenvalue weighted by Gasteiger charge is 2.30. The van der Waals surface area contributed by atoms with Crippen LogP contribution in [0.2, 0.25) is 0 Å². The zero-order valence-electron chi connectivity index (χ0n) is 20.8. The smallest absolute Gasteiger partial charge is 0.348 e. The quantitative estimate of drug-likeness (QED) is 0.366. The number of methoxy groups -OCH3 is 2. The Hall–Kier alpha value is -3.01. The molecule has 0 aliphatic carbocycles. The van der Waals surface area contributed by atoms with Crippen molar-refractivity contribution in [1.29, 1.82) is 0 Å². The first kappa shape index (κ1) is 25.1. The minimum absolute atomic E-state index is 0.325. The van der Waals surface area contributed by atoms with Crippen molar-refractivity contribution in [2.45, 2.75) is 40.3 Å². The zero-order valence-corrected chi connectivity index (χ0v) is 21.6. The van der Waals surface area contributed by atoms with Crippen LogP contribution >= 0.6 is 11.3 Å². The van der Waals surface area contributed by atoms with E-state index in [0.29, 0.717) is 29.3 Å². The number of fused-ring (bicyclic) bond motifs is 3. The number of aromatic nitrogens is 1. The van der Waals surface area contributed by atoms with Gasteiger partial charge in [0.15, 0.2) is 11.5 Å². The number of esters is 2. The van der Waals surface area contributed by atoms with Crippen molar-refractivity contribution in [3.63, 3.8) is 0 Å². The average molecular weight is 498 g/mol. The molecule has 0 radical (unpaired) electrons. The Labute approximate surface area is 209 Å². The Balaban J connectivity index is 2.09. The molecule has 3 aromatic rings. The van der Waals surface area contributed by atoms with Crippen molar-refractivity contribution in [3.8, 4) is 22.6 Å². The van der Waals surface area contributed by atoms with E-state index < -0.39 is 11.9 Å². The molecular formula is C26H31N3O5S. The fourth-order valence-corrected chi connectivity index (χ4v) is 5.78. The maximum atomic E-state index is 13.5. The van der Waals surface area contributed by atoms with Crippen LogP contribution in [0.3, 0.4) is 0 Å². The first-order chi connectivity index (χ1) is 16.9. The van der Waals surface area contributed by atoms with Crippen molar-refractivity contribution in [3.05, 3.63) is 39.9 Å². The summed E-state index contributed by atoms with van der Waals surface area (Å²) in [6.45, 7) is 9.05. The molecule has 0 fully saturated rings. The lowest BCUT2D eigenvalue weighted by molar-refractivity contribution is -0.135. The highest BCUT2D eigenvalue weighted by atomic mass is 32.1. The first-order valence-electron chi connectivity index (χ1n) is 11.8. The van der Waals surface area contributed by atoms with Crippen LogP contribution in [-0.2, 0) is 29.0 Å². The second-order valence-electron chi connectivity index (χ2n) is 8.33. The SMILES string of the molecule is CCN(CC)Cc1nc2sc3c(c2c(-c2ccc(OC)c(OC)c2)c1C(=O)OC(C)=O)CCNC3. The summed E-state index contributed by atoms with van der Waals surface area (Å²) < 4.78 is 16.2. The Morgan fingerprint density at radius 1 is 1.14 bits per heavy atom. The predicted octanol–water partition coefficient (Wildman–Crippen LogP) is 4.17. The number of thiophene rings is 1. The summed E-state index contributed by atoms with van der Waals surface area (Å²) in [4.78, 5) is 34.6. The van der Waals surface area contributed by atoms with Gasteiger partial charge in [0, 0.05) is 35.8 Å². The Bertz CT molecular complexity index is 1270. The van der Waals surface area contributed by atoms with E-state index >= 15 is 0 Å². The summed E-state index contributed by atoms with van der Waals surface area (Å²) in [7, 11) is 3.17. The van der Waals surface area contributed by atoms with Gasteiger partial charge in [0.1, 0.15) is 4.83 Å². The molecule has 3 heterocycles. The second-order valence-corrected chi connectivity index (χ2v) is 9.42. The van der Waals surface area contributed by atoms with E-state index in [2.05, 4.69) is 24.1 Å². The predicted molar refractivity (Wildman–Crippen MR) is 136 cm³/mol. The molecule has 186 valence electrons. The fourth-order valence-electron chi connectivity index (χ4n) is 4.56. The second kappa shape index (κ2) is 10.7. The molecule has 0 unspecified atom stereocenters. The molecule has 0 bridgehead atoms. The van der Waals surface area contributed by atoms with Crippen LogP contribution in [0.15, 0.2) is 18.2 Å². The summed E-state index contributed by atoms with van der Waals surface area (Å²) in [6.07, 6.45) is 0.827. The topological polar surface area (TPSA) is 90.0 Å². The highest BCUT2D eigenvalue weighted by Crippen LogP contribution is 2.44. The summed E-state index contributed by atoms with van der Waals surface area (Å²) >= 11 is 1.65. The maximum Gasteiger partial charge on any atom is 0.348 e. The number of nitrogens with zero attached hydrogens (tertiary/aromatic N) is 2. The number of nitrogens with one attached hydrogen (secondary N) is 1. The molecule has 1 aliphatic heterocycles. The molecule has 0 saturated heterocycles. The third-order valence-electron chi connectivity index (χ3n) is 6.32. The van der Waals surface area contributed by atoms with Crippen molar-refractivity contribution in [2.24, 2.45) is 0 Å². The molecule has 0 amide bonds. The molecule has 1 aromatic carbocycles. The molecule has 0 saturated carbocycles. The lowest BCUT2D eigenvalue weighted by Gasteiger charge is -2.22. The van der Waals surface area contributed by atoms with Gasteiger partial charge in [-0.05, 0) is 49.3 Å². The number of rotatable bonds is 8. The van der Waals surface area contributed by atoms with Crippen LogP contribution in [0.1, 0.15) is 47.3 Å². The molecule has 0 atom stereocenters. The van der Waals surface area contributed by atoms with E-state index in [-0.39, 0.29) is 0 Å². The van der Waals surface area contributed by atoms with Crippen LogP contribution in [0.25, 0.3) is 21.3 Å². The summed E-state index contributed by atoms with van der Waals surface area (Å²) in [5.41, 5.74) is 3.62. The van der Waals surface area contributed by atoms with Crippen molar-refractivity contribution < 1.29 is 23.8 Å². The van der Waals surface area contributed by atoms with Crippen LogP contribution in [0, 0.1) is 0 Å². The third kappa shape index (κ3) is 4.89. The number of hydrogen-bond acceptors (Lipinski definition) is 9. The minimum Gasteiger partial charge on any atom is -0.493 e. The van der Waals surface area contributed by atoms with E-state index in [4.69, 9.17) is 19.2 Å². The molecule has 1 aliphatic rings. The van der Waals surface area contributed by atoms with Gasteiger partial charge in [-0.1, -0.05) is 19.9 Å². The Kier molecular flexibility index (Phi) is 7.69. The normalized spacial score (nSPS) is 13.1. The van der Waals surface area contributed by atoms with Crippen LogP contribution in [0.4, 0.5) is 0 Å². The number of pyridine rings is 1. The number of hydrogen-bond donors (Lipinski definition) is 1. The van der Waals surface area contributed by atoms with Gasteiger partial charge in [-0.15, -0.1) is 11.3 Å². The molecule has 35 heavy (non-hydrogen) atoms. The first-order valence-corrected chi connectivity index (χ1v) is 12.6. The maximum absolute atomic E-state index is 13.5. The average Bonchev–Trinajstić information content (AvgIpc) is 3.23. The summed E-state index contributed by atoms with van der Waals surface area (Å²) in [6, 6.07) is 5.60. The van der Waals surface area contributed by atoms with Crippen molar-refractivity contribution in [1.82, 2.24) is 15.2 Å². The van der Waals surface area contributed by atoms with Gasteiger partial charge in [-0.25, -0.2) is 9.78 Å². The Morgan fingerprint density at radius 2 is 1.89 bits per heavy atom. The number of ether oxygens (including phenoxy) is 3. The van der Waals surface area contributed by atoms with E-state index in [0.717, 1.165) is 53.9 Å². The Morgan fingerprint density at radius 3 is 2.54 bits per heavy atom. The van der Waals surface area contributed by atoms with Gasteiger partial charge < -0.3 is 19.5 Å². The third-order valence-corrected chi connectivity index (χ3v) is 7.44. The van der Waals surface area contributed by atoms with Crippen molar-refractivity contribution >= 4 is 33.5 Å². The molecule has 2 aromatic heterocycles. The minimum atomic E-state index is -0.687. The molecular weight excluding hydrogens is 466 g/mol. The summed E-state index contributed by atoms with van der Waals surface area (Å²) in [5, 5.41) is 4.37. The lowest BCUT2D eigenvalue weighted by Crippen LogP contribution is -2.25. The number of carbonyl (C=O) groups is 2. The van der Waals surface area contributed by atoms with E-state index in [1.54, 1.807) is 25.6 Å². The number of carbonyl (C=O) groups excluding carboxylic acids is 2. The molecule has 4 rings (SSSR count). The van der Waals surface area contributed by atoms with Crippen LogP contribution in [-0.4, -0.2) is 55.7 Å². The monoisotopic (exact) mass is 497 g/mol. The molecule has 0 spiro atoms. The van der Waals surface area contributed by atoms with Gasteiger partial charge in [-0.3, -0.25) is 9.69 Å². The van der Waals surface area contributed by atoms with Crippen molar-refractivity contribution in [2.75, 3.05) is 33.9 Å². The lowest BCUT2D eigenvalue weighted by atomic mass is 9.91. The molecule has 1 N–H and O–H groups in total. The molecule has 8 nitrogen and oxygen atoms in total. The standard InChI is InChI=1S/C26H31N3O5S/c1-6-29(7-2)14-18-24(26(31)34-15(3)30)22(16-8-9-19(32-4)20(12-16)33-5)23-17-10-11-27-13-21(17)35-25(23)28-18/h8-9,12,27H,6-7,10-11,13-14H2,1-5H3. The van der Waals surface area contributed by atoms with Gasteiger partial charge in [-0.2, -0.15) is 0 Å². The van der Waals surface area contributed by atoms with Gasteiger partial charge in [0.25, 0.3) is 0 Å². The largest absolute Gasteiger partial charge is 0.493 e. The van der Waals surface area contributed by atoms with Gasteiger partial charge in [0.05, 0.1) is 25.5 Å². The molecule has 9 heteroatoms. The number of benzene rings is 1. The van der Waals surface area contributed by atoms with E-state index in [1.165, 1.54) is 17.4 Å². The zero-order chi connectivity index (χ0) is 25.1.